The molecule has 0 aromatic heterocycles. The van der Waals surface area contributed by atoms with Gasteiger partial charge in [0.1, 0.15) is 0 Å². The fourth-order valence-corrected chi connectivity index (χ4v) is 3.07. The number of allylic oxidation sites excluding steroid dienone is 2. The molecule has 1 aliphatic heterocycles. The average Bonchev–Trinajstić information content (AvgIpc) is 2.71. The minimum Gasteiger partial charge on any atom is -0.478 e. The van der Waals surface area contributed by atoms with E-state index in [4.69, 9.17) is 11.6 Å². The SMILES string of the molecule is O=C(O)c1ccc(Cl)cc1N1C(=O)C2CC=CCC2C1=O. The summed E-state index contributed by atoms with van der Waals surface area (Å²) >= 11 is 5.89. The van der Waals surface area contributed by atoms with Gasteiger partial charge in [-0.15, -0.1) is 0 Å². The molecule has 0 bridgehead atoms. The number of aromatic carboxylic acids is 1. The first kappa shape index (κ1) is 13.8. The second kappa shape index (κ2) is 5.00. The van der Waals surface area contributed by atoms with Crippen molar-refractivity contribution in [2.24, 2.45) is 11.8 Å². The smallest absolute Gasteiger partial charge is 0.337 e. The lowest BCUT2D eigenvalue weighted by molar-refractivity contribution is -0.122. The van der Waals surface area contributed by atoms with Crippen LogP contribution in [-0.2, 0) is 9.59 Å². The number of carbonyl (C=O) groups excluding carboxylic acids is 2. The van der Waals surface area contributed by atoms with Crippen LogP contribution in [0.25, 0.3) is 0 Å². The lowest BCUT2D eigenvalue weighted by Gasteiger charge is -2.17. The van der Waals surface area contributed by atoms with Gasteiger partial charge < -0.3 is 5.11 Å². The summed E-state index contributed by atoms with van der Waals surface area (Å²) in [6.07, 6.45) is 4.78. The minimum atomic E-state index is -1.20. The van der Waals surface area contributed by atoms with Gasteiger partial charge in [-0.25, -0.2) is 9.69 Å². The molecule has 1 saturated heterocycles. The Hall–Kier alpha value is -2.14. The van der Waals surface area contributed by atoms with Crippen LogP contribution in [0.3, 0.4) is 0 Å². The van der Waals surface area contributed by atoms with Gasteiger partial charge in [0.2, 0.25) is 11.8 Å². The molecule has 1 fully saturated rings. The van der Waals surface area contributed by atoms with Crippen molar-refractivity contribution in [1.29, 1.82) is 0 Å². The van der Waals surface area contributed by atoms with Crippen molar-refractivity contribution < 1.29 is 19.5 Å². The number of benzene rings is 1. The summed E-state index contributed by atoms with van der Waals surface area (Å²) in [5.74, 6) is -2.69. The lowest BCUT2D eigenvalue weighted by Crippen LogP contribution is -2.32. The number of halogens is 1. The third kappa shape index (κ3) is 2.14. The molecule has 2 atom stereocenters. The predicted octanol–water partition coefficient (Wildman–Crippen LogP) is 2.49. The quantitative estimate of drug-likeness (QED) is 0.673. The molecule has 1 aromatic carbocycles. The molecule has 1 aliphatic carbocycles. The number of imide groups is 1. The number of hydrogen-bond acceptors (Lipinski definition) is 3. The van der Waals surface area contributed by atoms with Crippen molar-refractivity contribution in [2.45, 2.75) is 12.8 Å². The van der Waals surface area contributed by atoms with E-state index in [0.29, 0.717) is 12.8 Å². The van der Waals surface area contributed by atoms with E-state index < -0.39 is 17.8 Å². The van der Waals surface area contributed by atoms with Gasteiger partial charge in [0, 0.05) is 5.02 Å². The highest BCUT2D eigenvalue weighted by atomic mass is 35.5. The van der Waals surface area contributed by atoms with Crippen molar-refractivity contribution >= 4 is 35.1 Å². The number of nitrogens with zero attached hydrogens (tertiary/aromatic N) is 1. The molecule has 1 aromatic rings. The number of carboxylic acid groups (broad SMARTS) is 1. The van der Waals surface area contributed by atoms with Crippen LogP contribution in [0, 0.1) is 11.8 Å². The second-order valence-electron chi connectivity index (χ2n) is 5.13. The first-order valence-electron chi connectivity index (χ1n) is 6.56. The Morgan fingerprint density at radius 2 is 1.71 bits per heavy atom. The van der Waals surface area contributed by atoms with Crippen molar-refractivity contribution in [3.63, 3.8) is 0 Å². The molecule has 21 heavy (non-hydrogen) atoms. The molecule has 0 spiro atoms. The average molecular weight is 306 g/mol. The molecule has 3 rings (SSSR count). The van der Waals surface area contributed by atoms with E-state index in [1.807, 2.05) is 12.2 Å². The molecule has 1 N–H and O–H groups in total. The van der Waals surface area contributed by atoms with Crippen LogP contribution < -0.4 is 4.90 Å². The summed E-state index contributed by atoms with van der Waals surface area (Å²) in [7, 11) is 0. The van der Waals surface area contributed by atoms with E-state index in [-0.39, 0.29) is 28.1 Å². The molecule has 5 nitrogen and oxygen atoms in total. The molecular formula is C15H12ClNO4. The number of carbonyl (C=O) groups is 3. The van der Waals surface area contributed by atoms with Crippen LogP contribution in [0.15, 0.2) is 30.4 Å². The minimum absolute atomic E-state index is 0.0550. The van der Waals surface area contributed by atoms with E-state index in [2.05, 4.69) is 0 Å². The van der Waals surface area contributed by atoms with E-state index in [0.717, 1.165) is 4.90 Å². The summed E-state index contributed by atoms with van der Waals surface area (Å²) < 4.78 is 0. The third-order valence-corrected chi connectivity index (χ3v) is 4.17. The Labute approximate surface area is 125 Å². The van der Waals surface area contributed by atoms with Gasteiger partial charge in [0.15, 0.2) is 0 Å². The zero-order valence-electron chi connectivity index (χ0n) is 11.0. The van der Waals surface area contributed by atoms with Gasteiger partial charge in [-0.3, -0.25) is 9.59 Å². The number of carboxylic acids is 1. The highest BCUT2D eigenvalue weighted by molar-refractivity contribution is 6.32. The van der Waals surface area contributed by atoms with E-state index >= 15 is 0 Å². The lowest BCUT2D eigenvalue weighted by atomic mass is 9.85. The van der Waals surface area contributed by atoms with Crippen LogP contribution in [0.2, 0.25) is 5.02 Å². The molecule has 2 amide bonds. The largest absolute Gasteiger partial charge is 0.478 e. The zero-order chi connectivity index (χ0) is 15.1. The summed E-state index contributed by atoms with van der Waals surface area (Å²) in [5, 5.41) is 9.52. The fraction of sp³-hybridized carbons (Fsp3) is 0.267. The van der Waals surface area contributed by atoms with Gasteiger partial charge in [0.05, 0.1) is 23.1 Å². The monoisotopic (exact) mass is 305 g/mol. The number of amides is 2. The van der Waals surface area contributed by atoms with Crippen LogP contribution in [0.1, 0.15) is 23.2 Å². The number of fused-ring (bicyclic) bond motifs is 1. The maximum absolute atomic E-state index is 12.5. The zero-order valence-corrected chi connectivity index (χ0v) is 11.7. The number of rotatable bonds is 2. The summed E-state index contributed by atoms with van der Waals surface area (Å²) in [4.78, 5) is 37.2. The Morgan fingerprint density at radius 3 is 2.24 bits per heavy atom. The highest BCUT2D eigenvalue weighted by Gasteiger charge is 2.48. The van der Waals surface area contributed by atoms with Gasteiger partial charge in [-0.1, -0.05) is 23.8 Å². The summed E-state index contributed by atoms with van der Waals surface area (Å²) in [5.41, 5.74) is -0.0490. The first-order chi connectivity index (χ1) is 10.0. The Bertz CT molecular complexity index is 656. The van der Waals surface area contributed by atoms with Crippen LogP contribution in [-0.4, -0.2) is 22.9 Å². The molecular weight excluding hydrogens is 294 g/mol. The number of hydrogen-bond donors (Lipinski definition) is 1. The molecule has 1 heterocycles. The second-order valence-corrected chi connectivity index (χ2v) is 5.57. The van der Waals surface area contributed by atoms with E-state index in [1.165, 1.54) is 18.2 Å². The van der Waals surface area contributed by atoms with E-state index in [9.17, 15) is 19.5 Å². The topological polar surface area (TPSA) is 74.7 Å². The Balaban J connectivity index is 2.09. The summed E-state index contributed by atoms with van der Waals surface area (Å²) in [6.45, 7) is 0. The Morgan fingerprint density at radius 1 is 1.14 bits per heavy atom. The Kier molecular flexibility index (Phi) is 3.29. The standard InChI is InChI=1S/C15H12ClNO4/c16-8-5-6-11(15(20)21)12(7-8)17-13(18)9-3-1-2-4-10(9)14(17)19/h1-2,5-7,9-10H,3-4H2,(H,20,21). The van der Waals surface area contributed by atoms with Gasteiger partial charge in [0.25, 0.3) is 0 Å². The van der Waals surface area contributed by atoms with E-state index in [1.54, 1.807) is 0 Å². The van der Waals surface area contributed by atoms with Crippen LogP contribution in [0.5, 0.6) is 0 Å². The van der Waals surface area contributed by atoms with Gasteiger partial charge in [-0.2, -0.15) is 0 Å². The molecule has 2 aliphatic rings. The fourth-order valence-electron chi connectivity index (χ4n) is 2.91. The van der Waals surface area contributed by atoms with Gasteiger partial charge >= 0.3 is 5.97 Å². The maximum atomic E-state index is 12.5. The third-order valence-electron chi connectivity index (χ3n) is 3.94. The van der Waals surface area contributed by atoms with Crippen LogP contribution in [0.4, 0.5) is 5.69 Å². The molecule has 6 heteroatoms. The summed E-state index contributed by atoms with van der Waals surface area (Å²) in [6, 6.07) is 4.08. The molecule has 0 radical (unpaired) electrons. The molecule has 2 unspecified atom stereocenters. The molecule has 108 valence electrons. The first-order valence-corrected chi connectivity index (χ1v) is 6.94. The number of anilines is 1. The van der Waals surface area contributed by atoms with Crippen molar-refractivity contribution in [3.05, 3.63) is 40.9 Å². The van der Waals surface area contributed by atoms with Crippen molar-refractivity contribution in [3.8, 4) is 0 Å². The molecule has 0 saturated carbocycles. The van der Waals surface area contributed by atoms with Crippen LogP contribution >= 0.6 is 11.6 Å². The highest BCUT2D eigenvalue weighted by Crippen LogP contribution is 2.39. The van der Waals surface area contributed by atoms with Gasteiger partial charge in [-0.05, 0) is 31.0 Å². The predicted molar refractivity (Wildman–Crippen MR) is 76.3 cm³/mol. The normalized spacial score (nSPS) is 24.3. The van der Waals surface area contributed by atoms with Crippen molar-refractivity contribution in [1.82, 2.24) is 0 Å². The maximum Gasteiger partial charge on any atom is 0.337 e. The van der Waals surface area contributed by atoms with Crippen molar-refractivity contribution in [2.75, 3.05) is 4.90 Å².